The van der Waals surface area contributed by atoms with E-state index in [0.29, 0.717) is 18.8 Å². The van der Waals surface area contributed by atoms with Crippen molar-refractivity contribution in [3.05, 3.63) is 0 Å². The second-order valence-corrected chi connectivity index (χ2v) is 6.60. The SMILES string of the molecule is CCOC(=O)N(C(=O)OC(C)(C)C)C1CC(C)CC[C@H]1O. The summed E-state index contributed by atoms with van der Waals surface area (Å²) in [7, 11) is 0. The minimum atomic E-state index is -0.765. The number of rotatable bonds is 2. The van der Waals surface area contributed by atoms with Crippen LogP contribution in [0.2, 0.25) is 0 Å². The van der Waals surface area contributed by atoms with Crippen molar-refractivity contribution in [1.29, 1.82) is 0 Å². The molecule has 0 spiro atoms. The molecule has 0 aliphatic heterocycles. The van der Waals surface area contributed by atoms with Crippen molar-refractivity contribution >= 4 is 12.2 Å². The second-order valence-electron chi connectivity index (χ2n) is 6.60. The zero-order chi connectivity index (χ0) is 16.2. The number of carbonyl (C=O) groups is 2. The molecule has 0 heterocycles. The van der Waals surface area contributed by atoms with E-state index in [9.17, 15) is 14.7 Å². The normalized spacial score (nSPS) is 26.1. The highest BCUT2D eigenvalue weighted by molar-refractivity contribution is 5.88. The van der Waals surface area contributed by atoms with Crippen LogP contribution >= 0.6 is 0 Å². The Morgan fingerprint density at radius 3 is 2.38 bits per heavy atom. The van der Waals surface area contributed by atoms with Gasteiger partial charge < -0.3 is 14.6 Å². The summed E-state index contributed by atoms with van der Waals surface area (Å²) >= 11 is 0. The molecule has 0 radical (unpaired) electrons. The van der Waals surface area contributed by atoms with Crippen LogP contribution in [0.4, 0.5) is 9.59 Å². The average Bonchev–Trinajstić information content (AvgIpc) is 2.32. The topological polar surface area (TPSA) is 76.1 Å². The van der Waals surface area contributed by atoms with E-state index in [4.69, 9.17) is 9.47 Å². The van der Waals surface area contributed by atoms with E-state index in [1.807, 2.05) is 6.92 Å². The molecule has 0 aromatic rings. The molecule has 1 fully saturated rings. The molecule has 0 saturated heterocycles. The summed E-state index contributed by atoms with van der Waals surface area (Å²) in [5, 5.41) is 10.2. The van der Waals surface area contributed by atoms with Crippen molar-refractivity contribution in [2.24, 2.45) is 5.92 Å². The molecule has 1 aliphatic carbocycles. The second kappa shape index (κ2) is 7.11. The molecule has 2 unspecified atom stereocenters. The van der Waals surface area contributed by atoms with Gasteiger partial charge in [-0.25, -0.2) is 14.5 Å². The van der Waals surface area contributed by atoms with Crippen LogP contribution in [-0.4, -0.2) is 46.5 Å². The van der Waals surface area contributed by atoms with E-state index in [-0.39, 0.29) is 6.61 Å². The predicted octanol–water partition coefficient (Wildman–Crippen LogP) is 2.93. The third-order valence-corrected chi connectivity index (χ3v) is 3.43. The van der Waals surface area contributed by atoms with Crippen molar-refractivity contribution in [3.63, 3.8) is 0 Å². The summed E-state index contributed by atoms with van der Waals surface area (Å²) in [6.45, 7) is 9.06. The van der Waals surface area contributed by atoms with Crippen LogP contribution < -0.4 is 0 Å². The van der Waals surface area contributed by atoms with Gasteiger partial charge in [0.2, 0.25) is 0 Å². The number of nitrogens with zero attached hydrogens (tertiary/aromatic N) is 1. The van der Waals surface area contributed by atoms with Crippen LogP contribution in [-0.2, 0) is 9.47 Å². The number of imide groups is 1. The first kappa shape index (κ1) is 17.8. The Bertz CT molecular complexity index is 377. The Labute approximate surface area is 126 Å². The third kappa shape index (κ3) is 5.19. The number of aliphatic hydroxyl groups is 1. The van der Waals surface area contributed by atoms with Gasteiger partial charge >= 0.3 is 12.2 Å². The molecule has 6 nitrogen and oxygen atoms in total. The fourth-order valence-corrected chi connectivity index (χ4v) is 2.46. The van der Waals surface area contributed by atoms with Crippen LogP contribution in [0.5, 0.6) is 0 Å². The zero-order valence-electron chi connectivity index (χ0n) is 13.6. The number of carbonyl (C=O) groups excluding carboxylic acids is 2. The van der Waals surface area contributed by atoms with Crippen molar-refractivity contribution < 1.29 is 24.2 Å². The van der Waals surface area contributed by atoms with Crippen LogP contribution in [0, 0.1) is 5.92 Å². The molecular weight excluding hydrogens is 274 g/mol. The fraction of sp³-hybridized carbons (Fsp3) is 0.867. The van der Waals surface area contributed by atoms with Gasteiger partial charge in [-0.2, -0.15) is 0 Å². The highest BCUT2D eigenvalue weighted by Crippen LogP contribution is 2.29. The Morgan fingerprint density at radius 1 is 1.24 bits per heavy atom. The lowest BCUT2D eigenvalue weighted by Crippen LogP contribution is -2.54. The Kier molecular flexibility index (Phi) is 6.01. The number of hydrogen-bond donors (Lipinski definition) is 1. The Hall–Kier alpha value is -1.30. The highest BCUT2D eigenvalue weighted by Gasteiger charge is 2.40. The van der Waals surface area contributed by atoms with Gasteiger partial charge in [0.15, 0.2) is 0 Å². The summed E-state index contributed by atoms with van der Waals surface area (Å²) in [4.78, 5) is 25.4. The van der Waals surface area contributed by atoms with Gasteiger partial charge in [0.1, 0.15) is 5.60 Å². The summed E-state index contributed by atoms with van der Waals surface area (Å²) in [6, 6.07) is -0.595. The molecule has 21 heavy (non-hydrogen) atoms. The molecule has 3 atom stereocenters. The monoisotopic (exact) mass is 301 g/mol. The molecule has 1 saturated carbocycles. The van der Waals surface area contributed by atoms with Gasteiger partial charge in [0, 0.05) is 0 Å². The van der Waals surface area contributed by atoms with Gasteiger partial charge in [0.05, 0.1) is 18.8 Å². The van der Waals surface area contributed by atoms with Crippen molar-refractivity contribution in [2.45, 2.75) is 71.6 Å². The summed E-state index contributed by atoms with van der Waals surface area (Å²) in [5.74, 6) is 0.331. The van der Waals surface area contributed by atoms with Crippen LogP contribution in [0.15, 0.2) is 0 Å². The molecule has 0 aromatic carbocycles. The lowest BCUT2D eigenvalue weighted by molar-refractivity contribution is -0.0216. The largest absolute Gasteiger partial charge is 0.449 e. The molecule has 2 amide bonds. The number of ether oxygens (including phenoxy) is 2. The maximum Gasteiger partial charge on any atom is 0.420 e. The van der Waals surface area contributed by atoms with Gasteiger partial charge in [-0.3, -0.25) is 0 Å². The molecule has 1 aliphatic rings. The van der Waals surface area contributed by atoms with E-state index < -0.39 is 29.9 Å². The summed E-state index contributed by atoms with van der Waals surface area (Å²) < 4.78 is 10.2. The standard InChI is InChI=1S/C15H27NO5/c1-6-20-13(18)16(14(19)21-15(3,4)5)11-9-10(2)7-8-12(11)17/h10-12,17H,6-9H2,1-5H3/t10?,11?,12-/m1/s1. The van der Waals surface area contributed by atoms with Crippen molar-refractivity contribution in [3.8, 4) is 0 Å². The first-order valence-corrected chi connectivity index (χ1v) is 7.52. The van der Waals surface area contributed by atoms with E-state index in [0.717, 1.165) is 11.3 Å². The predicted molar refractivity (Wildman–Crippen MR) is 77.9 cm³/mol. The molecule has 1 N–H and O–H groups in total. The van der Waals surface area contributed by atoms with Crippen LogP contribution in [0.3, 0.4) is 0 Å². The van der Waals surface area contributed by atoms with Crippen molar-refractivity contribution in [2.75, 3.05) is 6.61 Å². The Morgan fingerprint density at radius 2 is 1.86 bits per heavy atom. The summed E-state index contributed by atoms with van der Waals surface area (Å²) in [6.07, 6.45) is -0.269. The van der Waals surface area contributed by atoms with Crippen molar-refractivity contribution in [1.82, 2.24) is 4.90 Å². The summed E-state index contributed by atoms with van der Waals surface area (Å²) in [5.41, 5.74) is -0.715. The average molecular weight is 301 g/mol. The molecular formula is C15H27NO5. The lowest BCUT2D eigenvalue weighted by atomic mass is 9.84. The van der Waals surface area contributed by atoms with E-state index in [1.54, 1.807) is 27.7 Å². The minimum Gasteiger partial charge on any atom is -0.449 e. The van der Waals surface area contributed by atoms with E-state index >= 15 is 0 Å². The molecule has 0 aromatic heterocycles. The van der Waals surface area contributed by atoms with Gasteiger partial charge in [-0.1, -0.05) is 6.92 Å². The van der Waals surface area contributed by atoms with Gasteiger partial charge in [-0.05, 0) is 52.9 Å². The third-order valence-electron chi connectivity index (χ3n) is 3.43. The molecule has 6 heteroatoms. The Balaban J connectivity index is 2.95. The first-order chi connectivity index (χ1) is 9.65. The molecule has 0 bridgehead atoms. The maximum absolute atomic E-state index is 12.3. The highest BCUT2D eigenvalue weighted by atomic mass is 16.6. The number of amides is 2. The quantitative estimate of drug-likeness (QED) is 0.848. The number of hydrogen-bond acceptors (Lipinski definition) is 5. The van der Waals surface area contributed by atoms with Gasteiger partial charge in [0.25, 0.3) is 0 Å². The number of aliphatic hydroxyl groups excluding tert-OH is 1. The van der Waals surface area contributed by atoms with Gasteiger partial charge in [-0.15, -0.1) is 0 Å². The zero-order valence-corrected chi connectivity index (χ0v) is 13.6. The minimum absolute atomic E-state index is 0.163. The smallest absolute Gasteiger partial charge is 0.420 e. The molecule has 122 valence electrons. The van der Waals surface area contributed by atoms with Crippen LogP contribution in [0.1, 0.15) is 53.9 Å². The van der Waals surface area contributed by atoms with E-state index in [1.165, 1.54) is 0 Å². The first-order valence-electron chi connectivity index (χ1n) is 7.52. The maximum atomic E-state index is 12.3. The van der Waals surface area contributed by atoms with Crippen LogP contribution in [0.25, 0.3) is 0 Å². The van der Waals surface area contributed by atoms with E-state index in [2.05, 4.69) is 0 Å². The fourth-order valence-electron chi connectivity index (χ4n) is 2.46. The molecule has 1 rings (SSSR count). The lowest BCUT2D eigenvalue weighted by Gasteiger charge is -2.38.